The fourth-order valence-electron chi connectivity index (χ4n) is 14.4. The number of hydrogen-bond acceptors (Lipinski definition) is 36. The van der Waals surface area contributed by atoms with Gasteiger partial charge in [0.1, 0.15) is 63.2 Å². The van der Waals surface area contributed by atoms with Gasteiger partial charge in [-0.05, 0) is 224 Å². The fraction of sp³-hybridized carbons (Fsp3) is 0.415. The number of likely N-dealkylation sites (tertiary alicyclic amines) is 1. The van der Waals surface area contributed by atoms with Crippen molar-refractivity contribution in [2.45, 2.75) is 163 Å². The van der Waals surface area contributed by atoms with Crippen molar-refractivity contribution in [3.05, 3.63) is 140 Å². The number of nitrogens with one attached hydrogen (secondary N) is 16. The number of carbonyl (C=O) groups excluding carboxylic acids is 15. The molecule has 24 N–H and O–H groups in total. The largest absolute Gasteiger partial charge is 0.462 e. The lowest BCUT2D eigenvalue weighted by molar-refractivity contribution is -0.149. The van der Waals surface area contributed by atoms with Gasteiger partial charge in [-0.3, -0.25) is 62.3 Å². The van der Waals surface area contributed by atoms with Gasteiger partial charge in [0.05, 0.1) is 30.4 Å². The Hall–Kier alpha value is -14.8. The maximum Gasteiger partial charge on any atom is 0.329 e. The number of benzene rings is 4. The molecule has 4 bridgehead atoms. The number of nitrogens with zero attached hydrogens (tertiary/aromatic N) is 9. The summed E-state index contributed by atoms with van der Waals surface area (Å²) in [4.78, 5) is 214. The third-order valence-corrected chi connectivity index (χ3v) is 25.9. The summed E-state index contributed by atoms with van der Waals surface area (Å²) in [5, 5.41) is 47.8. The van der Waals surface area contributed by atoms with E-state index in [0.717, 1.165) is 24.2 Å². The lowest BCUT2D eigenvalue weighted by atomic mass is 9.91. The molecule has 1 saturated carbocycles. The second kappa shape index (κ2) is 51.1. The van der Waals surface area contributed by atoms with Gasteiger partial charge in [-0.15, -0.1) is 0 Å². The van der Waals surface area contributed by atoms with E-state index in [9.17, 15) is 71.9 Å². The van der Waals surface area contributed by atoms with E-state index in [2.05, 4.69) is 189 Å². The molecule has 0 radical (unpaired) electrons. The molecule has 5 aliphatic heterocycles. The van der Waals surface area contributed by atoms with E-state index < -0.39 is 87.2 Å². The Morgan fingerprint density at radius 1 is 0.377 bits per heavy atom. The Morgan fingerprint density at radius 2 is 0.678 bits per heavy atom. The molecule has 48 nitrogen and oxygen atoms in total. The number of amides is 12. The van der Waals surface area contributed by atoms with E-state index in [-0.39, 0.29) is 78.7 Å². The van der Waals surface area contributed by atoms with Crippen LogP contribution in [0.1, 0.15) is 126 Å². The maximum atomic E-state index is 12.7. The van der Waals surface area contributed by atoms with E-state index in [1.165, 1.54) is 60.3 Å². The molecule has 8 aromatic rings. The molecule has 52 heteroatoms. The van der Waals surface area contributed by atoms with E-state index in [1.807, 2.05) is 24.3 Å². The molecule has 12 amide bonds. The van der Waals surface area contributed by atoms with Gasteiger partial charge in [-0.2, -0.15) is 19.9 Å². The summed E-state index contributed by atoms with van der Waals surface area (Å²) in [5.74, 6) is -2.82. The minimum Gasteiger partial charge on any atom is -0.462 e. The summed E-state index contributed by atoms with van der Waals surface area (Å²) in [6, 6.07) is 28.0. The number of ether oxygens (including phenoxy) is 4. The van der Waals surface area contributed by atoms with Crippen LogP contribution in [0.2, 0.25) is 0 Å². The van der Waals surface area contributed by atoms with Crippen LogP contribution in [0.25, 0.3) is 0 Å². The normalized spacial score (nSPS) is 17.2. The SMILES string of the molecule is CC(C)(C(N)=O)C(=O)NCCCNc1nc(Nc2cccc(NC(=O)N3CC4CC3C(=O)O4)c2)ncc1Br.CC(C)(C(N)=O)C(=O)NCCCNc1nc(Nc2cccc(NC(=O)[C@@H]3CCC(=O)O3)c2)ncc1Br.CC(C)(C(N)=O)C(=O)NCCCNc1nc(Nc2cccc(NC(=O)[C@H]3CCC(=O)O3)c2)ncc1Br.CC(C)(C(N)=O)C(=O)NCCCNc1nc(Nc2cccc(NC3CC4CC3C(=O)O4)c2)ncc1Br. The number of urea groups is 1. The molecular weight excluding hydrogens is 2160 g/mol. The zero-order valence-corrected chi connectivity index (χ0v) is 87.2. The average molecular weight is 2270 g/mol. The summed E-state index contributed by atoms with van der Waals surface area (Å²) in [6.45, 7) is 15.7. The molecule has 4 aromatic heterocycles. The fourth-order valence-corrected chi connectivity index (χ4v) is 15.7. The number of fused-ring (bicyclic) bond motifs is 4. The number of hydrogen-bond donors (Lipinski definition) is 20. The first kappa shape index (κ1) is 112. The maximum absolute atomic E-state index is 12.7. The Kier molecular flexibility index (Phi) is 39.0. The molecule has 5 saturated heterocycles. The number of primary amides is 4. The zero-order chi connectivity index (χ0) is 106. The van der Waals surface area contributed by atoms with Crippen molar-refractivity contribution in [2.75, 3.05) is 123 Å². The molecule has 778 valence electrons. The predicted octanol–water partition coefficient (Wildman–Crippen LogP) is 8.59. The van der Waals surface area contributed by atoms with Crippen molar-refractivity contribution in [1.82, 2.24) is 66.0 Å². The summed E-state index contributed by atoms with van der Waals surface area (Å²) in [7, 11) is 0. The molecule has 4 aromatic carbocycles. The first-order chi connectivity index (χ1) is 69.3. The average Bonchev–Trinajstić information content (AvgIpc) is 1.69. The van der Waals surface area contributed by atoms with Crippen LogP contribution in [0.5, 0.6) is 0 Å². The number of rotatable bonds is 43. The third kappa shape index (κ3) is 31.6. The number of esters is 4. The molecule has 5 unspecified atom stereocenters. The van der Waals surface area contributed by atoms with Crippen LogP contribution in [-0.4, -0.2) is 229 Å². The second-order valence-corrected chi connectivity index (χ2v) is 39.7. The van der Waals surface area contributed by atoms with Crippen molar-refractivity contribution < 1.29 is 90.9 Å². The van der Waals surface area contributed by atoms with Gasteiger partial charge >= 0.3 is 29.9 Å². The summed E-state index contributed by atoms with van der Waals surface area (Å²) >= 11 is 13.7. The number of carbonyl (C=O) groups is 15. The van der Waals surface area contributed by atoms with Crippen molar-refractivity contribution in [2.24, 2.45) is 50.5 Å². The zero-order valence-electron chi connectivity index (χ0n) is 80.8. The van der Waals surface area contributed by atoms with Gasteiger partial charge in [0, 0.05) is 167 Å². The van der Waals surface area contributed by atoms with Gasteiger partial charge in [0.15, 0.2) is 12.2 Å². The highest BCUT2D eigenvalue weighted by atomic mass is 79.9. The molecule has 6 fully saturated rings. The highest BCUT2D eigenvalue weighted by Crippen LogP contribution is 2.40. The molecule has 7 atom stereocenters. The van der Waals surface area contributed by atoms with Gasteiger partial charge in [0.25, 0.3) is 11.8 Å². The van der Waals surface area contributed by atoms with E-state index >= 15 is 0 Å². The van der Waals surface area contributed by atoms with Crippen LogP contribution in [0.15, 0.2) is 140 Å². The monoisotopic (exact) mass is 2270 g/mol. The van der Waals surface area contributed by atoms with E-state index in [0.29, 0.717) is 203 Å². The number of cyclic esters (lactones) is 2. The minimum absolute atomic E-state index is 0.0293. The lowest BCUT2D eigenvalue weighted by Gasteiger charge is -2.25. The predicted molar refractivity (Wildman–Crippen MR) is 554 cm³/mol. The summed E-state index contributed by atoms with van der Waals surface area (Å²) in [5.41, 5.74) is 21.2. The molecule has 0 spiro atoms. The van der Waals surface area contributed by atoms with Crippen molar-refractivity contribution in [1.29, 1.82) is 0 Å². The highest BCUT2D eigenvalue weighted by molar-refractivity contribution is 9.11. The molecule has 9 heterocycles. The van der Waals surface area contributed by atoms with Crippen molar-refractivity contribution in [3.8, 4) is 0 Å². The quantitative estimate of drug-likeness (QED) is 0.00736. The molecule has 6 aliphatic rings. The number of morpholine rings is 1. The molecule has 1 aliphatic carbocycles. The minimum atomic E-state index is -1.27. The van der Waals surface area contributed by atoms with Gasteiger partial charge in [-0.1, -0.05) is 24.3 Å². The summed E-state index contributed by atoms with van der Waals surface area (Å²) in [6.07, 6.45) is 10.4. The topological polar surface area (TPSA) is 696 Å². The van der Waals surface area contributed by atoms with Crippen LogP contribution < -0.4 is 108 Å². The number of nitrogens with two attached hydrogens (primary N) is 4. The van der Waals surface area contributed by atoms with Crippen LogP contribution in [-0.2, 0) is 86.1 Å². The number of aromatic nitrogens is 8. The lowest BCUT2D eigenvalue weighted by Crippen LogP contribution is -2.46. The number of halogens is 4. The van der Waals surface area contributed by atoms with Crippen LogP contribution in [0.3, 0.4) is 0 Å². The Labute approximate surface area is 872 Å². The van der Waals surface area contributed by atoms with Crippen molar-refractivity contribution >= 4 is 245 Å². The van der Waals surface area contributed by atoms with E-state index in [4.69, 9.17) is 41.9 Å². The standard InChI is InChI=1S/C24H29BrN8O5.C24H30BrN7O4.2C23H28BrN7O5/c1-24(2,20(26)35)21(36)28-8-4-7-27-18-16(25)11-29-22(32-18)30-13-5-3-6-14(9-13)31-23(37)33-12-15-10-17(33)19(34)38-15;1-24(2,21(26)34)22(35)28-8-4-7-27-19-17(25)12-29-23(32-19)31-14-6-3-5-13(9-14)30-18-11-15-10-16(18)20(33)36-15;2*1-23(2,20(25)34)21(35)27-10-4-9-26-18-15(24)12-28-22(31-18)30-14-6-3-5-13(11-14)29-19(33)16-7-8-17(32)36-16/h3,5-6,9,11,15,17H,4,7-8,10,12H2,1-2H3,(H2,26,35)(H,28,36)(H,31,37)(H2,27,29,30,32);3,5-6,9,12,15-16,18,30H,4,7-8,10-11H2,1-2H3,(H2,26,34)(H,28,35)(H2,27,29,31,32);2*3,5-6,11-12,16H,4,7-10H2,1-2H3,(H2,25,34)(H,27,35)(H,29,33)(H2,26,28,30,31)/t;;2*16-/m..10/s1. The van der Waals surface area contributed by atoms with Crippen LogP contribution in [0.4, 0.5) is 97.4 Å². The molecular formula is C94H115Br4N29O19. The van der Waals surface area contributed by atoms with Gasteiger partial charge in [0.2, 0.25) is 71.1 Å². The summed E-state index contributed by atoms with van der Waals surface area (Å²) < 4.78 is 23.0. The first-order valence-corrected chi connectivity index (χ1v) is 49.6. The van der Waals surface area contributed by atoms with Crippen LogP contribution in [0, 0.1) is 27.6 Å². The Bertz CT molecular complexity index is 6010. The van der Waals surface area contributed by atoms with E-state index in [1.54, 1.807) is 97.6 Å². The third-order valence-electron chi connectivity index (χ3n) is 23.6. The van der Waals surface area contributed by atoms with Gasteiger partial charge < -0.3 is 132 Å². The molecule has 146 heavy (non-hydrogen) atoms. The highest BCUT2D eigenvalue weighted by Gasteiger charge is 2.50. The Morgan fingerprint density at radius 3 is 0.966 bits per heavy atom. The molecule has 14 rings (SSSR count). The second-order valence-electron chi connectivity index (χ2n) is 36.3. The number of anilines is 16. The smallest absolute Gasteiger partial charge is 0.329 e. The first-order valence-electron chi connectivity index (χ1n) is 46.4. The Balaban J connectivity index is 0.000000185. The van der Waals surface area contributed by atoms with Crippen molar-refractivity contribution in [3.63, 3.8) is 0 Å². The van der Waals surface area contributed by atoms with Crippen LogP contribution >= 0.6 is 63.7 Å². The van der Waals surface area contributed by atoms with Gasteiger partial charge in [-0.25, -0.2) is 29.5 Å².